The Hall–Kier alpha value is -1.78. The van der Waals surface area contributed by atoms with E-state index < -0.39 is 5.60 Å². The lowest BCUT2D eigenvalue weighted by Crippen LogP contribution is -2.24. The largest absolute Gasteiger partial charge is 0.385 e. The van der Waals surface area contributed by atoms with Gasteiger partial charge in [-0.1, -0.05) is 18.2 Å². The molecule has 0 bridgehead atoms. The maximum Gasteiger partial charge on any atom is 0.0970 e. The van der Waals surface area contributed by atoms with E-state index in [4.69, 9.17) is 0 Å². The number of hydrogen-bond donors (Lipinski definition) is 1. The van der Waals surface area contributed by atoms with Gasteiger partial charge in [0.1, 0.15) is 0 Å². The molecule has 2 aromatic heterocycles. The van der Waals surface area contributed by atoms with Gasteiger partial charge in [0.25, 0.3) is 0 Å². The van der Waals surface area contributed by atoms with Gasteiger partial charge in [-0.05, 0) is 25.1 Å². The molecule has 0 spiro atoms. The van der Waals surface area contributed by atoms with Gasteiger partial charge in [0.2, 0.25) is 0 Å². The molecule has 2 heterocycles. The first-order chi connectivity index (χ1) is 9.15. The number of nitrogens with zero attached hydrogens (tertiary/aromatic N) is 2. The van der Waals surface area contributed by atoms with Crippen LogP contribution in [0.3, 0.4) is 0 Å². The summed E-state index contributed by atoms with van der Waals surface area (Å²) < 4.78 is 1.15. The zero-order chi connectivity index (χ0) is 13.3. The Balaban J connectivity index is 1.92. The van der Waals surface area contributed by atoms with Crippen molar-refractivity contribution in [1.29, 1.82) is 0 Å². The van der Waals surface area contributed by atoms with Crippen molar-refractivity contribution in [2.75, 3.05) is 0 Å². The minimum absolute atomic E-state index is 0.498. The number of hydrogen-bond acceptors (Lipinski definition) is 4. The van der Waals surface area contributed by atoms with E-state index in [0.29, 0.717) is 6.42 Å². The van der Waals surface area contributed by atoms with Gasteiger partial charge in [-0.2, -0.15) is 0 Å². The minimum atomic E-state index is -0.942. The van der Waals surface area contributed by atoms with Crippen molar-refractivity contribution in [2.45, 2.75) is 18.9 Å². The summed E-state index contributed by atoms with van der Waals surface area (Å²) in [4.78, 5) is 8.62. The molecule has 4 heteroatoms. The van der Waals surface area contributed by atoms with Crippen LogP contribution < -0.4 is 0 Å². The molecule has 3 nitrogen and oxygen atoms in total. The maximum atomic E-state index is 10.6. The normalized spacial score (nSPS) is 14.4. The van der Waals surface area contributed by atoms with E-state index in [1.807, 2.05) is 30.3 Å². The summed E-state index contributed by atoms with van der Waals surface area (Å²) >= 11 is 1.63. The third-order valence-electron chi connectivity index (χ3n) is 3.12. The summed E-state index contributed by atoms with van der Waals surface area (Å²) in [6.45, 7) is 1.80. The average molecular weight is 270 g/mol. The number of thiazole rings is 1. The van der Waals surface area contributed by atoms with E-state index in [1.54, 1.807) is 30.7 Å². The molecule has 3 aromatic rings. The van der Waals surface area contributed by atoms with Crippen LogP contribution in [0.1, 0.15) is 17.5 Å². The van der Waals surface area contributed by atoms with Gasteiger partial charge in [-0.25, -0.2) is 4.98 Å². The number of aromatic nitrogens is 2. The molecule has 1 aromatic carbocycles. The van der Waals surface area contributed by atoms with Crippen molar-refractivity contribution < 1.29 is 5.11 Å². The first kappa shape index (κ1) is 12.3. The molecular formula is C15H14N2OS. The molecule has 96 valence electrons. The van der Waals surface area contributed by atoms with Gasteiger partial charge in [0.05, 0.1) is 20.8 Å². The van der Waals surface area contributed by atoms with E-state index in [1.165, 1.54) is 0 Å². The number of fused-ring (bicyclic) bond motifs is 1. The third-order valence-corrected chi connectivity index (χ3v) is 4.15. The molecule has 0 saturated carbocycles. The van der Waals surface area contributed by atoms with Crippen LogP contribution in [-0.4, -0.2) is 15.1 Å². The number of para-hydroxylation sites is 1. The quantitative estimate of drug-likeness (QED) is 0.795. The lowest BCUT2D eigenvalue weighted by Gasteiger charge is -2.21. The molecule has 0 saturated heterocycles. The molecule has 0 radical (unpaired) electrons. The van der Waals surface area contributed by atoms with Crippen LogP contribution in [0.4, 0.5) is 0 Å². The highest BCUT2D eigenvalue weighted by Gasteiger charge is 2.25. The van der Waals surface area contributed by atoms with Gasteiger partial charge in [0.15, 0.2) is 0 Å². The van der Waals surface area contributed by atoms with Crippen molar-refractivity contribution >= 4 is 21.6 Å². The SMILES string of the molecule is CC(O)(Cc1nc2ccccc2s1)c1cccnc1. The van der Waals surface area contributed by atoms with Crippen LogP contribution in [0.15, 0.2) is 48.8 Å². The third kappa shape index (κ3) is 2.50. The molecule has 0 aliphatic carbocycles. The molecule has 0 aliphatic rings. The number of benzene rings is 1. The molecule has 3 rings (SSSR count). The van der Waals surface area contributed by atoms with Crippen LogP contribution in [0.5, 0.6) is 0 Å². The second-order valence-corrected chi connectivity index (χ2v) is 5.88. The first-order valence-corrected chi connectivity index (χ1v) is 6.94. The Labute approximate surface area is 115 Å². The fraction of sp³-hybridized carbons (Fsp3) is 0.200. The van der Waals surface area contributed by atoms with E-state index in [0.717, 1.165) is 20.8 Å². The molecule has 1 unspecified atom stereocenters. The Morgan fingerprint density at radius 3 is 2.79 bits per heavy atom. The van der Waals surface area contributed by atoms with Crippen molar-refractivity contribution in [1.82, 2.24) is 9.97 Å². The summed E-state index contributed by atoms with van der Waals surface area (Å²) in [5.41, 5.74) is 0.862. The summed E-state index contributed by atoms with van der Waals surface area (Å²) in [7, 11) is 0. The fourth-order valence-corrected chi connectivity index (χ4v) is 3.19. The topological polar surface area (TPSA) is 46.0 Å². The zero-order valence-corrected chi connectivity index (χ0v) is 11.4. The van der Waals surface area contributed by atoms with E-state index in [9.17, 15) is 5.11 Å². The predicted molar refractivity (Wildman–Crippen MR) is 77.1 cm³/mol. The van der Waals surface area contributed by atoms with Crippen LogP contribution >= 0.6 is 11.3 Å². The first-order valence-electron chi connectivity index (χ1n) is 6.12. The van der Waals surface area contributed by atoms with E-state index in [-0.39, 0.29) is 0 Å². The van der Waals surface area contributed by atoms with Crippen LogP contribution in [0, 0.1) is 0 Å². The Kier molecular flexibility index (Phi) is 3.05. The van der Waals surface area contributed by atoms with Crippen molar-refractivity contribution in [2.24, 2.45) is 0 Å². The smallest absolute Gasteiger partial charge is 0.0970 e. The summed E-state index contributed by atoms with van der Waals surface area (Å²) in [5.74, 6) is 0. The molecule has 0 fully saturated rings. The highest BCUT2D eigenvalue weighted by Crippen LogP contribution is 2.29. The standard InChI is InChI=1S/C15H14N2OS/c1-15(18,11-5-4-8-16-10-11)9-14-17-12-6-2-3-7-13(12)19-14/h2-8,10,18H,9H2,1H3. The predicted octanol–water partition coefficient (Wildman–Crippen LogP) is 3.14. The van der Waals surface area contributed by atoms with Crippen LogP contribution in [-0.2, 0) is 12.0 Å². The average Bonchev–Trinajstić information content (AvgIpc) is 2.81. The van der Waals surface area contributed by atoms with Crippen LogP contribution in [0.25, 0.3) is 10.2 Å². The number of pyridine rings is 1. The molecule has 1 N–H and O–H groups in total. The molecular weight excluding hydrogens is 256 g/mol. The number of aliphatic hydroxyl groups is 1. The van der Waals surface area contributed by atoms with Gasteiger partial charge in [-0.3, -0.25) is 4.98 Å². The lowest BCUT2D eigenvalue weighted by molar-refractivity contribution is 0.0572. The van der Waals surface area contributed by atoms with E-state index >= 15 is 0 Å². The van der Waals surface area contributed by atoms with Gasteiger partial charge < -0.3 is 5.11 Å². The van der Waals surface area contributed by atoms with Gasteiger partial charge in [-0.15, -0.1) is 11.3 Å². The molecule has 0 aliphatic heterocycles. The van der Waals surface area contributed by atoms with Gasteiger partial charge >= 0.3 is 0 Å². The van der Waals surface area contributed by atoms with Crippen LogP contribution in [0.2, 0.25) is 0 Å². The Morgan fingerprint density at radius 1 is 1.21 bits per heavy atom. The molecule has 19 heavy (non-hydrogen) atoms. The highest BCUT2D eigenvalue weighted by atomic mass is 32.1. The number of rotatable bonds is 3. The Morgan fingerprint density at radius 2 is 2.05 bits per heavy atom. The van der Waals surface area contributed by atoms with Gasteiger partial charge in [0, 0.05) is 24.4 Å². The zero-order valence-electron chi connectivity index (χ0n) is 10.6. The fourth-order valence-electron chi connectivity index (χ4n) is 2.07. The Bertz CT molecular complexity index is 658. The van der Waals surface area contributed by atoms with Crippen molar-refractivity contribution in [3.63, 3.8) is 0 Å². The molecule has 0 amide bonds. The highest BCUT2D eigenvalue weighted by molar-refractivity contribution is 7.18. The monoisotopic (exact) mass is 270 g/mol. The van der Waals surface area contributed by atoms with Crippen molar-refractivity contribution in [3.8, 4) is 0 Å². The second-order valence-electron chi connectivity index (χ2n) is 4.77. The summed E-state index contributed by atoms with van der Waals surface area (Å²) in [5, 5.41) is 11.5. The second kappa shape index (κ2) is 4.72. The summed E-state index contributed by atoms with van der Waals surface area (Å²) in [6.07, 6.45) is 3.91. The maximum absolute atomic E-state index is 10.6. The minimum Gasteiger partial charge on any atom is -0.385 e. The lowest BCUT2D eigenvalue weighted by atomic mass is 9.94. The summed E-state index contributed by atoms with van der Waals surface area (Å²) in [6, 6.07) is 11.8. The van der Waals surface area contributed by atoms with Crippen molar-refractivity contribution in [3.05, 3.63) is 59.4 Å². The molecule has 1 atom stereocenters. The van der Waals surface area contributed by atoms with E-state index in [2.05, 4.69) is 16.0 Å².